The van der Waals surface area contributed by atoms with Gasteiger partial charge in [-0.3, -0.25) is 9.59 Å². The minimum absolute atomic E-state index is 0.114. The Balaban J connectivity index is 1.44. The van der Waals surface area contributed by atoms with Crippen molar-refractivity contribution in [2.75, 3.05) is 19.7 Å². The van der Waals surface area contributed by atoms with Crippen LogP contribution in [0.5, 0.6) is 0 Å². The molecule has 2 N–H and O–H groups in total. The maximum atomic E-state index is 13.2. The number of carboxylic acids is 1. The SMILES string of the molecule is O=C(NC(CC(F)(F)F)C(=O)N1CCCC(C(=O)O)C1)OCC1c2ccccc2-c2ccccc21. The van der Waals surface area contributed by atoms with E-state index in [1.54, 1.807) is 0 Å². The Kier molecular flexibility index (Phi) is 7.00. The number of ether oxygens (including phenoxy) is 1. The predicted octanol–water partition coefficient (Wildman–Crippen LogP) is 4.17. The van der Waals surface area contributed by atoms with Gasteiger partial charge < -0.3 is 20.1 Å². The molecule has 1 heterocycles. The fraction of sp³-hybridized carbons (Fsp3) is 0.400. The molecule has 1 aliphatic heterocycles. The third-order valence-electron chi connectivity index (χ3n) is 6.45. The summed E-state index contributed by atoms with van der Waals surface area (Å²) in [5, 5.41) is 11.3. The zero-order valence-corrected chi connectivity index (χ0v) is 18.8. The minimum Gasteiger partial charge on any atom is -0.481 e. The van der Waals surface area contributed by atoms with E-state index in [9.17, 15) is 32.7 Å². The van der Waals surface area contributed by atoms with Gasteiger partial charge in [-0.15, -0.1) is 0 Å². The van der Waals surface area contributed by atoms with Gasteiger partial charge >= 0.3 is 18.2 Å². The van der Waals surface area contributed by atoms with E-state index in [1.165, 1.54) is 0 Å². The quantitative estimate of drug-likeness (QED) is 0.634. The van der Waals surface area contributed by atoms with Gasteiger partial charge in [0.25, 0.3) is 0 Å². The fourth-order valence-electron chi connectivity index (χ4n) is 4.81. The summed E-state index contributed by atoms with van der Waals surface area (Å²) in [6.07, 6.45) is -6.75. The van der Waals surface area contributed by atoms with Gasteiger partial charge in [0.05, 0.1) is 12.3 Å². The third kappa shape index (κ3) is 5.58. The van der Waals surface area contributed by atoms with Crippen LogP contribution in [0, 0.1) is 5.92 Å². The van der Waals surface area contributed by atoms with Crippen LogP contribution < -0.4 is 5.32 Å². The molecule has 0 radical (unpaired) electrons. The molecule has 2 amide bonds. The second-order valence-electron chi connectivity index (χ2n) is 8.80. The molecule has 1 saturated heterocycles. The second kappa shape index (κ2) is 9.97. The number of piperidine rings is 1. The van der Waals surface area contributed by atoms with Crippen molar-refractivity contribution in [3.63, 3.8) is 0 Å². The number of aliphatic carboxylic acids is 1. The molecule has 0 aromatic heterocycles. The number of carbonyl (C=O) groups is 3. The number of nitrogens with zero attached hydrogens (tertiary/aromatic N) is 1. The number of nitrogens with one attached hydrogen (secondary N) is 1. The Morgan fingerprint density at radius 1 is 1.06 bits per heavy atom. The molecule has 2 aromatic carbocycles. The first kappa shape index (κ1) is 24.6. The molecular weight excluding hydrogens is 465 g/mol. The molecule has 2 aromatic rings. The highest BCUT2D eigenvalue weighted by atomic mass is 19.4. The van der Waals surface area contributed by atoms with Crippen molar-refractivity contribution in [2.24, 2.45) is 5.92 Å². The predicted molar refractivity (Wildman–Crippen MR) is 120 cm³/mol. The number of hydrogen-bond acceptors (Lipinski definition) is 4. The van der Waals surface area contributed by atoms with Gasteiger partial charge in [-0.05, 0) is 35.1 Å². The van der Waals surface area contributed by atoms with Crippen LogP contribution in [0.1, 0.15) is 36.3 Å². The van der Waals surface area contributed by atoms with Gasteiger partial charge in [0.2, 0.25) is 5.91 Å². The fourth-order valence-corrected chi connectivity index (χ4v) is 4.81. The summed E-state index contributed by atoms with van der Waals surface area (Å²) < 4.78 is 44.9. The number of rotatable bonds is 6. The Morgan fingerprint density at radius 3 is 2.23 bits per heavy atom. The molecule has 0 bridgehead atoms. The van der Waals surface area contributed by atoms with E-state index in [1.807, 2.05) is 48.5 Å². The summed E-state index contributed by atoms with van der Waals surface area (Å²) in [5.74, 6) is -3.22. The van der Waals surface area contributed by atoms with Crippen molar-refractivity contribution in [1.82, 2.24) is 10.2 Å². The number of carbonyl (C=O) groups excluding carboxylic acids is 2. The summed E-state index contributed by atoms with van der Waals surface area (Å²) in [6, 6.07) is 13.3. The van der Waals surface area contributed by atoms with Crippen molar-refractivity contribution in [2.45, 2.75) is 37.4 Å². The number of likely N-dealkylation sites (tertiary alicyclic amines) is 1. The molecule has 186 valence electrons. The van der Waals surface area contributed by atoms with E-state index in [-0.39, 0.29) is 25.6 Å². The summed E-state index contributed by atoms with van der Waals surface area (Å²) in [5.41, 5.74) is 3.88. The van der Waals surface area contributed by atoms with Crippen LogP contribution in [0.25, 0.3) is 11.1 Å². The number of alkyl carbamates (subject to hydrolysis) is 1. The highest BCUT2D eigenvalue weighted by Gasteiger charge is 2.40. The zero-order chi connectivity index (χ0) is 25.2. The third-order valence-corrected chi connectivity index (χ3v) is 6.45. The molecule has 1 aliphatic carbocycles. The van der Waals surface area contributed by atoms with Crippen LogP contribution in [-0.4, -0.2) is 59.9 Å². The highest BCUT2D eigenvalue weighted by molar-refractivity contribution is 5.86. The van der Waals surface area contributed by atoms with Crippen LogP contribution >= 0.6 is 0 Å². The van der Waals surface area contributed by atoms with Gasteiger partial charge in [0.15, 0.2) is 0 Å². The molecule has 10 heteroatoms. The van der Waals surface area contributed by atoms with Crippen LogP contribution in [0.3, 0.4) is 0 Å². The summed E-state index contributed by atoms with van der Waals surface area (Å²) >= 11 is 0. The summed E-state index contributed by atoms with van der Waals surface area (Å²) in [6.45, 7) is -0.185. The Hall–Kier alpha value is -3.56. The standard InChI is InChI=1S/C25H25F3N2O5/c26-25(27,28)12-21(22(31)30-11-5-6-15(13-30)23(32)33)29-24(34)35-14-20-18-9-3-1-7-16(18)17-8-2-4-10-19(17)20/h1-4,7-10,15,20-21H,5-6,11-14H2,(H,29,34)(H,32,33). The molecule has 2 unspecified atom stereocenters. The molecule has 7 nitrogen and oxygen atoms in total. The Morgan fingerprint density at radius 2 is 1.66 bits per heavy atom. The van der Waals surface area contributed by atoms with Crippen molar-refractivity contribution < 1.29 is 37.4 Å². The molecule has 35 heavy (non-hydrogen) atoms. The summed E-state index contributed by atoms with van der Waals surface area (Å²) in [4.78, 5) is 37.7. The van der Waals surface area contributed by atoms with Gasteiger partial charge in [-0.2, -0.15) is 13.2 Å². The molecule has 2 aliphatic rings. The van der Waals surface area contributed by atoms with Gasteiger partial charge in [0.1, 0.15) is 12.6 Å². The molecule has 1 fully saturated rings. The van der Waals surface area contributed by atoms with Gasteiger partial charge in [-0.25, -0.2) is 4.79 Å². The number of amides is 2. The van der Waals surface area contributed by atoms with Gasteiger partial charge in [0, 0.05) is 19.0 Å². The van der Waals surface area contributed by atoms with Crippen LogP contribution in [-0.2, 0) is 14.3 Å². The van der Waals surface area contributed by atoms with Crippen molar-refractivity contribution >= 4 is 18.0 Å². The number of benzene rings is 2. The van der Waals surface area contributed by atoms with Crippen LogP contribution in [0.4, 0.5) is 18.0 Å². The number of alkyl halides is 3. The van der Waals surface area contributed by atoms with Crippen molar-refractivity contribution in [3.8, 4) is 11.1 Å². The first-order valence-corrected chi connectivity index (χ1v) is 11.3. The van der Waals surface area contributed by atoms with E-state index in [0.717, 1.165) is 27.2 Å². The lowest BCUT2D eigenvalue weighted by molar-refractivity contribution is -0.157. The number of hydrogen-bond donors (Lipinski definition) is 2. The molecular formula is C25H25F3N2O5. The van der Waals surface area contributed by atoms with Crippen LogP contribution in [0.2, 0.25) is 0 Å². The molecule has 0 spiro atoms. The first-order chi connectivity index (χ1) is 16.6. The Labute approximate surface area is 199 Å². The number of fused-ring (bicyclic) bond motifs is 3. The van der Waals surface area contributed by atoms with E-state index < -0.39 is 42.5 Å². The molecule has 0 saturated carbocycles. The average molecular weight is 490 g/mol. The largest absolute Gasteiger partial charge is 0.481 e. The van der Waals surface area contributed by atoms with E-state index in [4.69, 9.17) is 4.74 Å². The lowest BCUT2D eigenvalue weighted by Crippen LogP contribution is -2.53. The average Bonchev–Trinajstić information content (AvgIpc) is 3.15. The van der Waals surface area contributed by atoms with Crippen molar-refractivity contribution in [3.05, 3.63) is 59.7 Å². The van der Waals surface area contributed by atoms with E-state index in [2.05, 4.69) is 5.32 Å². The minimum atomic E-state index is -4.72. The lowest BCUT2D eigenvalue weighted by atomic mass is 9.97. The smallest absolute Gasteiger partial charge is 0.407 e. The maximum absolute atomic E-state index is 13.2. The normalized spacial score (nSPS) is 18.4. The monoisotopic (exact) mass is 490 g/mol. The maximum Gasteiger partial charge on any atom is 0.407 e. The van der Waals surface area contributed by atoms with Gasteiger partial charge in [-0.1, -0.05) is 48.5 Å². The van der Waals surface area contributed by atoms with E-state index >= 15 is 0 Å². The lowest BCUT2D eigenvalue weighted by Gasteiger charge is -2.33. The zero-order valence-electron chi connectivity index (χ0n) is 18.8. The number of carboxylic acid groups (broad SMARTS) is 1. The topological polar surface area (TPSA) is 95.9 Å². The summed E-state index contributed by atoms with van der Waals surface area (Å²) in [7, 11) is 0. The number of halogens is 3. The highest BCUT2D eigenvalue weighted by Crippen LogP contribution is 2.44. The van der Waals surface area contributed by atoms with Crippen LogP contribution in [0.15, 0.2) is 48.5 Å². The molecule has 2 atom stereocenters. The van der Waals surface area contributed by atoms with Crippen molar-refractivity contribution in [1.29, 1.82) is 0 Å². The van der Waals surface area contributed by atoms with E-state index in [0.29, 0.717) is 12.8 Å². The first-order valence-electron chi connectivity index (χ1n) is 11.3. The molecule has 4 rings (SSSR count). The Bertz CT molecular complexity index is 1070. The second-order valence-corrected chi connectivity index (χ2v) is 8.80.